The average Bonchev–Trinajstić information content (AvgIpc) is 2.37. The summed E-state index contributed by atoms with van der Waals surface area (Å²) in [5, 5.41) is 12.0. The van der Waals surface area contributed by atoms with E-state index in [-0.39, 0.29) is 18.4 Å². The van der Waals surface area contributed by atoms with Crippen LogP contribution in [0, 0.1) is 0 Å². The Labute approximate surface area is 118 Å². The number of carboxylic acid groups (broad SMARTS) is 1. The molecule has 20 heavy (non-hydrogen) atoms. The number of nitrogens with zero attached hydrogens (tertiary/aromatic N) is 2. The lowest BCUT2D eigenvalue weighted by molar-refractivity contribution is -0.137. The predicted octanol–water partition coefficient (Wildman–Crippen LogP) is 1.84. The van der Waals surface area contributed by atoms with Gasteiger partial charge in [-0.15, -0.1) is 0 Å². The van der Waals surface area contributed by atoms with E-state index >= 15 is 0 Å². The first-order valence-electron chi connectivity index (χ1n) is 6.60. The average molecular weight is 279 g/mol. The van der Waals surface area contributed by atoms with E-state index in [0.717, 1.165) is 12.8 Å². The number of nitrogens with one attached hydrogen (secondary N) is 1. The Morgan fingerprint density at radius 1 is 1.45 bits per heavy atom. The minimum Gasteiger partial charge on any atom is -0.481 e. The lowest BCUT2D eigenvalue weighted by Gasteiger charge is -2.18. The van der Waals surface area contributed by atoms with Gasteiger partial charge >= 0.3 is 5.97 Å². The quantitative estimate of drug-likeness (QED) is 0.795. The standard InChI is InChI=1S/C14H21N3O3/c1-4-5-10(9-13(18)19)16-11-6-7-15-12(8-11)14(20)17(2)3/h6-8,10H,4-5,9H2,1-3H3,(H,15,16)(H,18,19). The molecule has 1 aromatic heterocycles. The van der Waals surface area contributed by atoms with Crippen LogP contribution < -0.4 is 5.32 Å². The van der Waals surface area contributed by atoms with Crippen LogP contribution in [0.25, 0.3) is 0 Å². The zero-order valence-electron chi connectivity index (χ0n) is 12.1. The van der Waals surface area contributed by atoms with Gasteiger partial charge in [0, 0.05) is 32.0 Å². The maximum absolute atomic E-state index is 11.8. The Balaban J connectivity index is 2.82. The molecule has 110 valence electrons. The van der Waals surface area contributed by atoms with Gasteiger partial charge in [0.25, 0.3) is 5.91 Å². The normalized spacial score (nSPS) is 11.8. The van der Waals surface area contributed by atoms with Gasteiger partial charge in [-0.1, -0.05) is 13.3 Å². The van der Waals surface area contributed by atoms with Gasteiger partial charge in [-0.05, 0) is 18.6 Å². The van der Waals surface area contributed by atoms with Crippen molar-refractivity contribution < 1.29 is 14.7 Å². The van der Waals surface area contributed by atoms with E-state index in [4.69, 9.17) is 5.11 Å². The van der Waals surface area contributed by atoms with Crippen LogP contribution in [0.4, 0.5) is 5.69 Å². The highest BCUT2D eigenvalue weighted by atomic mass is 16.4. The van der Waals surface area contributed by atoms with E-state index in [2.05, 4.69) is 10.3 Å². The lowest BCUT2D eigenvalue weighted by atomic mass is 10.1. The smallest absolute Gasteiger partial charge is 0.305 e. The summed E-state index contributed by atoms with van der Waals surface area (Å²) in [6, 6.07) is 3.23. The number of carbonyl (C=O) groups is 2. The van der Waals surface area contributed by atoms with Crippen molar-refractivity contribution in [3.05, 3.63) is 24.0 Å². The summed E-state index contributed by atoms with van der Waals surface area (Å²) >= 11 is 0. The molecule has 0 aliphatic heterocycles. The third kappa shape index (κ3) is 4.87. The van der Waals surface area contributed by atoms with Crippen molar-refractivity contribution in [3.8, 4) is 0 Å². The van der Waals surface area contributed by atoms with Crippen LogP contribution in [-0.2, 0) is 4.79 Å². The summed E-state index contributed by atoms with van der Waals surface area (Å²) in [5.74, 6) is -1.02. The zero-order chi connectivity index (χ0) is 15.1. The van der Waals surface area contributed by atoms with Gasteiger partial charge < -0.3 is 15.3 Å². The fourth-order valence-electron chi connectivity index (χ4n) is 1.89. The Morgan fingerprint density at radius 2 is 2.15 bits per heavy atom. The maximum atomic E-state index is 11.8. The summed E-state index contributed by atoms with van der Waals surface area (Å²) in [6.07, 6.45) is 3.24. The van der Waals surface area contributed by atoms with Gasteiger partial charge in [0.15, 0.2) is 0 Å². The predicted molar refractivity (Wildman–Crippen MR) is 76.8 cm³/mol. The fraction of sp³-hybridized carbons (Fsp3) is 0.500. The second-order valence-corrected chi connectivity index (χ2v) is 4.86. The first-order chi connectivity index (χ1) is 9.43. The van der Waals surface area contributed by atoms with Crippen molar-refractivity contribution in [2.24, 2.45) is 0 Å². The number of aromatic nitrogens is 1. The van der Waals surface area contributed by atoms with Crippen molar-refractivity contribution >= 4 is 17.6 Å². The van der Waals surface area contributed by atoms with E-state index in [9.17, 15) is 9.59 Å². The van der Waals surface area contributed by atoms with E-state index in [1.165, 1.54) is 4.90 Å². The molecule has 0 saturated heterocycles. The molecular weight excluding hydrogens is 258 g/mol. The Hall–Kier alpha value is -2.11. The summed E-state index contributed by atoms with van der Waals surface area (Å²) in [5.41, 5.74) is 1.05. The van der Waals surface area contributed by atoms with Crippen LogP contribution in [-0.4, -0.2) is 47.0 Å². The van der Waals surface area contributed by atoms with E-state index in [1.54, 1.807) is 32.4 Å². The SMILES string of the molecule is CCCC(CC(=O)O)Nc1ccnc(C(=O)N(C)C)c1. The maximum Gasteiger partial charge on any atom is 0.305 e. The summed E-state index contributed by atoms with van der Waals surface area (Å²) in [4.78, 5) is 28.1. The number of amides is 1. The molecule has 1 atom stereocenters. The Morgan fingerprint density at radius 3 is 2.70 bits per heavy atom. The fourth-order valence-corrected chi connectivity index (χ4v) is 1.89. The molecule has 1 heterocycles. The Kier molecular flexibility index (Phi) is 5.96. The molecule has 0 aliphatic carbocycles. The van der Waals surface area contributed by atoms with Crippen LogP contribution in [0.1, 0.15) is 36.7 Å². The highest BCUT2D eigenvalue weighted by Crippen LogP contribution is 2.14. The van der Waals surface area contributed by atoms with Crippen LogP contribution in [0.5, 0.6) is 0 Å². The first kappa shape index (κ1) is 15.9. The van der Waals surface area contributed by atoms with Crippen molar-refractivity contribution in [2.45, 2.75) is 32.2 Å². The van der Waals surface area contributed by atoms with Gasteiger partial charge in [0.2, 0.25) is 0 Å². The molecule has 6 heteroatoms. The number of hydrogen-bond donors (Lipinski definition) is 2. The highest BCUT2D eigenvalue weighted by molar-refractivity contribution is 5.92. The van der Waals surface area contributed by atoms with Crippen molar-refractivity contribution in [1.29, 1.82) is 0 Å². The van der Waals surface area contributed by atoms with Crippen LogP contribution in [0.2, 0.25) is 0 Å². The largest absolute Gasteiger partial charge is 0.481 e. The first-order valence-corrected chi connectivity index (χ1v) is 6.60. The number of aliphatic carboxylic acids is 1. The molecule has 0 bridgehead atoms. The number of rotatable bonds is 7. The minimum absolute atomic E-state index is 0.0487. The third-order valence-corrected chi connectivity index (χ3v) is 2.81. The van der Waals surface area contributed by atoms with E-state index < -0.39 is 5.97 Å². The lowest BCUT2D eigenvalue weighted by Crippen LogP contribution is -2.25. The van der Waals surface area contributed by atoms with Crippen LogP contribution in [0.15, 0.2) is 18.3 Å². The van der Waals surface area contributed by atoms with Gasteiger partial charge in [0.1, 0.15) is 5.69 Å². The number of anilines is 1. The molecule has 0 radical (unpaired) electrons. The molecule has 6 nitrogen and oxygen atoms in total. The Bertz CT molecular complexity index is 474. The molecule has 0 saturated carbocycles. The van der Waals surface area contributed by atoms with Crippen LogP contribution >= 0.6 is 0 Å². The van der Waals surface area contributed by atoms with Crippen molar-refractivity contribution in [3.63, 3.8) is 0 Å². The second kappa shape index (κ2) is 7.47. The summed E-state index contributed by atoms with van der Waals surface area (Å²) in [6.45, 7) is 2.00. The van der Waals surface area contributed by atoms with Gasteiger partial charge in [0.05, 0.1) is 6.42 Å². The van der Waals surface area contributed by atoms with Crippen molar-refractivity contribution in [2.75, 3.05) is 19.4 Å². The highest BCUT2D eigenvalue weighted by Gasteiger charge is 2.14. The van der Waals surface area contributed by atoms with E-state index in [0.29, 0.717) is 11.4 Å². The molecule has 0 spiro atoms. The van der Waals surface area contributed by atoms with Gasteiger partial charge in [-0.3, -0.25) is 14.6 Å². The number of hydrogen-bond acceptors (Lipinski definition) is 4. The molecular formula is C14H21N3O3. The number of pyridine rings is 1. The molecule has 1 aromatic rings. The topological polar surface area (TPSA) is 82.5 Å². The minimum atomic E-state index is -0.838. The molecule has 1 rings (SSSR count). The zero-order valence-corrected chi connectivity index (χ0v) is 12.1. The molecule has 1 amide bonds. The third-order valence-electron chi connectivity index (χ3n) is 2.81. The molecule has 1 unspecified atom stereocenters. The summed E-state index contributed by atoms with van der Waals surface area (Å²) in [7, 11) is 3.32. The molecule has 2 N–H and O–H groups in total. The second-order valence-electron chi connectivity index (χ2n) is 4.86. The van der Waals surface area contributed by atoms with Crippen LogP contribution in [0.3, 0.4) is 0 Å². The van der Waals surface area contributed by atoms with Gasteiger partial charge in [-0.2, -0.15) is 0 Å². The monoisotopic (exact) mass is 279 g/mol. The number of carbonyl (C=O) groups excluding carboxylic acids is 1. The molecule has 0 fully saturated rings. The van der Waals surface area contributed by atoms with E-state index in [1.807, 2.05) is 6.92 Å². The molecule has 0 aliphatic rings. The molecule has 0 aromatic carbocycles. The summed E-state index contributed by atoms with van der Waals surface area (Å²) < 4.78 is 0. The van der Waals surface area contributed by atoms with Crippen molar-refractivity contribution in [1.82, 2.24) is 9.88 Å². The van der Waals surface area contributed by atoms with Gasteiger partial charge in [-0.25, -0.2) is 0 Å². The number of carboxylic acids is 1.